The Kier molecular flexibility index (Phi) is 7.27. The van der Waals surface area contributed by atoms with Crippen LogP contribution >= 0.6 is 11.6 Å². The number of fused-ring (bicyclic) bond motifs is 1. The molecular weight excluding hydrogens is 507 g/mol. The Hall–Kier alpha value is -3.85. The van der Waals surface area contributed by atoms with Crippen LogP contribution in [0.25, 0.3) is 16.6 Å². The lowest BCUT2D eigenvalue weighted by Crippen LogP contribution is -2.44. The number of alkyl halides is 3. The molecule has 6 nitrogen and oxygen atoms in total. The highest BCUT2D eigenvalue weighted by atomic mass is 35.5. The number of carbonyl (C=O) groups excluding carboxylic acids is 1. The minimum Gasteiger partial charge on any atom is -0.350 e. The lowest BCUT2D eigenvalue weighted by Gasteiger charge is -2.22. The Labute approximate surface area is 214 Å². The van der Waals surface area contributed by atoms with Gasteiger partial charge in [-0.25, -0.2) is 9.36 Å². The molecule has 4 aromatic rings. The summed E-state index contributed by atoms with van der Waals surface area (Å²) in [7, 11) is 0. The predicted octanol–water partition coefficient (Wildman–Crippen LogP) is 5.40. The average molecular weight is 530 g/mol. The van der Waals surface area contributed by atoms with Crippen LogP contribution in [0.1, 0.15) is 36.1 Å². The minimum absolute atomic E-state index is 0.168. The molecule has 0 radical (unpaired) electrons. The Balaban J connectivity index is 1.78. The van der Waals surface area contributed by atoms with E-state index in [-0.39, 0.29) is 35.1 Å². The number of amides is 1. The third-order valence-electron chi connectivity index (χ3n) is 6.13. The SMILES string of the molecule is CC[C@H](C(=O)NCc1cccc(C(F)(F)F)c1)n1c(=O)n(-c2ccc(C)c(Cl)c2)c(=O)c2ccccc21. The van der Waals surface area contributed by atoms with Crippen LogP contribution in [0.4, 0.5) is 13.2 Å². The first-order chi connectivity index (χ1) is 17.5. The predicted molar refractivity (Wildman–Crippen MR) is 136 cm³/mol. The van der Waals surface area contributed by atoms with Crippen molar-refractivity contribution in [2.75, 3.05) is 0 Å². The molecule has 192 valence electrons. The topological polar surface area (TPSA) is 73.1 Å². The summed E-state index contributed by atoms with van der Waals surface area (Å²) in [6.07, 6.45) is -4.32. The van der Waals surface area contributed by atoms with Gasteiger partial charge in [0.15, 0.2) is 0 Å². The number of nitrogens with zero attached hydrogens (tertiary/aromatic N) is 2. The van der Waals surface area contributed by atoms with Crippen LogP contribution in [0.15, 0.2) is 76.3 Å². The number of hydrogen-bond acceptors (Lipinski definition) is 3. The molecule has 0 saturated heterocycles. The molecule has 0 saturated carbocycles. The van der Waals surface area contributed by atoms with Crippen molar-refractivity contribution in [1.29, 1.82) is 0 Å². The van der Waals surface area contributed by atoms with E-state index in [1.807, 2.05) is 0 Å². The van der Waals surface area contributed by atoms with E-state index in [1.165, 1.54) is 22.8 Å². The molecule has 1 N–H and O–H groups in total. The van der Waals surface area contributed by atoms with Gasteiger partial charge in [-0.15, -0.1) is 0 Å². The van der Waals surface area contributed by atoms with Crippen molar-refractivity contribution >= 4 is 28.4 Å². The first-order valence-electron chi connectivity index (χ1n) is 11.5. The summed E-state index contributed by atoms with van der Waals surface area (Å²) in [4.78, 5) is 40.3. The molecule has 1 atom stereocenters. The number of halogens is 4. The molecule has 10 heteroatoms. The van der Waals surface area contributed by atoms with Crippen molar-refractivity contribution in [2.45, 2.75) is 39.0 Å². The van der Waals surface area contributed by atoms with Crippen molar-refractivity contribution in [3.8, 4) is 5.69 Å². The zero-order valence-corrected chi connectivity index (χ0v) is 20.7. The third-order valence-corrected chi connectivity index (χ3v) is 6.54. The molecule has 3 aromatic carbocycles. The van der Waals surface area contributed by atoms with Gasteiger partial charge in [0, 0.05) is 11.6 Å². The van der Waals surface area contributed by atoms with Gasteiger partial charge in [0.05, 0.1) is 22.2 Å². The van der Waals surface area contributed by atoms with Gasteiger partial charge in [-0.2, -0.15) is 13.2 Å². The number of hydrogen-bond donors (Lipinski definition) is 1. The fourth-order valence-corrected chi connectivity index (χ4v) is 4.36. The highest BCUT2D eigenvalue weighted by Crippen LogP contribution is 2.29. The van der Waals surface area contributed by atoms with Crippen molar-refractivity contribution in [1.82, 2.24) is 14.5 Å². The number of aromatic nitrogens is 2. The molecular formula is C27H23ClF3N3O3. The van der Waals surface area contributed by atoms with Crippen LogP contribution < -0.4 is 16.6 Å². The summed E-state index contributed by atoms with van der Waals surface area (Å²) in [6.45, 7) is 3.32. The van der Waals surface area contributed by atoms with Gasteiger partial charge in [0.25, 0.3) is 5.56 Å². The zero-order chi connectivity index (χ0) is 26.9. The van der Waals surface area contributed by atoms with Crippen LogP contribution in [0, 0.1) is 6.92 Å². The zero-order valence-electron chi connectivity index (χ0n) is 20.0. The Morgan fingerprint density at radius 3 is 2.43 bits per heavy atom. The second kappa shape index (κ2) is 10.3. The number of para-hydroxylation sites is 1. The van der Waals surface area contributed by atoms with Crippen LogP contribution in [0.3, 0.4) is 0 Å². The highest BCUT2D eigenvalue weighted by molar-refractivity contribution is 6.31. The van der Waals surface area contributed by atoms with Gasteiger partial charge in [0.1, 0.15) is 6.04 Å². The van der Waals surface area contributed by atoms with Gasteiger partial charge in [0.2, 0.25) is 5.91 Å². The number of carbonyl (C=O) groups is 1. The summed E-state index contributed by atoms with van der Waals surface area (Å²) < 4.78 is 41.4. The fourth-order valence-electron chi connectivity index (χ4n) is 4.18. The molecule has 0 aliphatic heterocycles. The van der Waals surface area contributed by atoms with Crippen molar-refractivity contribution in [3.63, 3.8) is 0 Å². The van der Waals surface area contributed by atoms with Gasteiger partial charge in [-0.05, 0) is 60.9 Å². The maximum absolute atomic E-state index is 13.7. The van der Waals surface area contributed by atoms with Crippen molar-refractivity contribution in [3.05, 3.63) is 109 Å². The summed E-state index contributed by atoms with van der Waals surface area (Å²) >= 11 is 6.25. The maximum atomic E-state index is 13.7. The first kappa shape index (κ1) is 26.2. The molecule has 0 spiro atoms. The normalized spacial score (nSPS) is 12.5. The summed E-state index contributed by atoms with van der Waals surface area (Å²) in [5, 5.41) is 3.23. The molecule has 0 unspecified atom stereocenters. The third kappa shape index (κ3) is 5.17. The molecule has 4 rings (SSSR count). The van der Waals surface area contributed by atoms with Gasteiger partial charge < -0.3 is 5.32 Å². The molecule has 0 aliphatic rings. The highest BCUT2D eigenvalue weighted by Gasteiger charge is 2.30. The standard InChI is InChI=1S/C27H23ClF3N3O3/c1-3-22(24(35)32-15-17-7-6-8-18(13-17)27(29,30)31)34-23-10-5-4-9-20(23)25(36)33(26(34)37)19-12-11-16(2)21(28)14-19/h4-14,22H,3,15H2,1-2H3,(H,32,35)/t22-/m1/s1. The van der Waals surface area contributed by atoms with Gasteiger partial charge >= 0.3 is 11.9 Å². The van der Waals surface area contributed by atoms with Gasteiger partial charge in [-0.1, -0.05) is 48.9 Å². The van der Waals surface area contributed by atoms with E-state index in [1.54, 1.807) is 50.2 Å². The number of rotatable bonds is 6. The monoisotopic (exact) mass is 529 g/mol. The van der Waals surface area contributed by atoms with Crippen LogP contribution in [0.5, 0.6) is 0 Å². The van der Waals surface area contributed by atoms with E-state index in [4.69, 9.17) is 11.6 Å². The summed E-state index contributed by atoms with van der Waals surface area (Å²) in [6, 6.07) is 14.8. The van der Waals surface area contributed by atoms with E-state index in [2.05, 4.69) is 5.32 Å². The molecule has 0 aliphatic carbocycles. The Bertz CT molecular complexity index is 1610. The van der Waals surface area contributed by atoms with E-state index in [9.17, 15) is 27.6 Å². The lowest BCUT2D eigenvalue weighted by molar-refractivity contribution is -0.137. The minimum atomic E-state index is -4.51. The molecule has 1 aromatic heterocycles. The fraction of sp³-hybridized carbons (Fsp3) is 0.222. The molecule has 1 heterocycles. The van der Waals surface area contributed by atoms with Gasteiger partial charge in [-0.3, -0.25) is 14.2 Å². The number of benzene rings is 3. The Morgan fingerprint density at radius 2 is 1.76 bits per heavy atom. The van der Waals surface area contributed by atoms with Crippen LogP contribution in [-0.4, -0.2) is 15.0 Å². The van der Waals surface area contributed by atoms with Crippen LogP contribution in [0.2, 0.25) is 5.02 Å². The largest absolute Gasteiger partial charge is 0.416 e. The second-order valence-electron chi connectivity index (χ2n) is 8.58. The van der Waals surface area contributed by atoms with E-state index >= 15 is 0 Å². The summed E-state index contributed by atoms with van der Waals surface area (Å²) in [5.41, 5.74) is -0.565. The van der Waals surface area contributed by atoms with E-state index in [0.29, 0.717) is 5.02 Å². The first-order valence-corrected chi connectivity index (χ1v) is 11.9. The average Bonchev–Trinajstić information content (AvgIpc) is 2.87. The molecule has 1 amide bonds. The smallest absolute Gasteiger partial charge is 0.350 e. The maximum Gasteiger partial charge on any atom is 0.416 e. The lowest BCUT2D eigenvalue weighted by atomic mass is 10.1. The number of aryl methyl sites for hydroxylation is 1. The molecule has 0 bridgehead atoms. The quantitative estimate of drug-likeness (QED) is 0.363. The molecule has 37 heavy (non-hydrogen) atoms. The van der Waals surface area contributed by atoms with Crippen LogP contribution in [-0.2, 0) is 17.5 Å². The van der Waals surface area contributed by atoms with E-state index in [0.717, 1.165) is 22.3 Å². The van der Waals surface area contributed by atoms with Crippen molar-refractivity contribution < 1.29 is 18.0 Å². The summed E-state index contributed by atoms with van der Waals surface area (Å²) in [5.74, 6) is -0.570. The molecule has 0 fully saturated rings. The Morgan fingerprint density at radius 1 is 1.03 bits per heavy atom. The van der Waals surface area contributed by atoms with Crippen molar-refractivity contribution in [2.24, 2.45) is 0 Å². The second-order valence-corrected chi connectivity index (χ2v) is 8.99. The number of nitrogens with one attached hydrogen (secondary N) is 1. The van der Waals surface area contributed by atoms with E-state index < -0.39 is 34.9 Å².